The van der Waals surface area contributed by atoms with E-state index in [1.54, 1.807) is 6.21 Å². The Morgan fingerprint density at radius 3 is 2.33 bits per heavy atom. The smallest absolute Gasteiger partial charge is 0.229 e. The number of nitrogens with zero attached hydrogens (tertiary/aromatic N) is 5. The van der Waals surface area contributed by atoms with Gasteiger partial charge in [-0.1, -0.05) is 42.5 Å². The summed E-state index contributed by atoms with van der Waals surface area (Å²) >= 11 is 0. The highest BCUT2D eigenvalue weighted by atomic mass is 16.5. The third-order valence-corrected chi connectivity index (χ3v) is 6.06. The molecule has 2 aliphatic rings. The topological polar surface area (TPSA) is 65.9 Å². The minimum absolute atomic E-state index is 0.517. The average Bonchev–Trinajstić information content (AvgIpc) is 3.59. The van der Waals surface area contributed by atoms with Crippen molar-refractivity contribution in [3.63, 3.8) is 0 Å². The summed E-state index contributed by atoms with van der Waals surface area (Å²) in [6.45, 7) is 4.64. The first-order chi connectivity index (χ1) is 16.3. The highest BCUT2D eigenvalue weighted by Crippen LogP contribution is 2.25. The van der Waals surface area contributed by atoms with E-state index in [-0.39, 0.29) is 0 Å². The molecular weight excluding hydrogens is 412 g/mol. The molecule has 1 aromatic heterocycles. The minimum Gasteiger partial charge on any atom is -0.488 e. The van der Waals surface area contributed by atoms with E-state index >= 15 is 0 Å². The normalized spacial score (nSPS) is 16.0. The van der Waals surface area contributed by atoms with Crippen molar-refractivity contribution in [3.8, 4) is 5.75 Å². The van der Waals surface area contributed by atoms with Gasteiger partial charge in [-0.15, -0.1) is 0 Å². The van der Waals surface area contributed by atoms with Gasteiger partial charge in [-0.05, 0) is 43.4 Å². The summed E-state index contributed by atoms with van der Waals surface area (Å²) in [5.74, 6) is 3.28. The third kappa shape index (κ3) is 5.42. The van der Waals surface area contributed by atoms with Gasteiger partial charge < -0.3 is 14.5 Å². The number of ether oxygens (including phenoxy) is 1. The molecule has 7 nitrogen and oxygen atoms in total. The number of benzene rings is 2. The Bertz CT molecular complexity index is 1040. The van der Waals surface area contributed by atoms with Gasteiger partial charge in [0.2, 0.25) is 5.95 Å². The molecule has 5 rings (SSSR count). The fourth-order valence-electron chi connectivity index (χ4n) is 4.27. The van der Waals surface area contributed by atoms with Crippen LogP contribution in [0.3, 0.4) is 0 Å². The molecule has 0 radical (unpaired) electrons. The molecule has 33 heavy (non-hydrogen) atoms. The van der Waals surface area contributed by atoms with E-state index in [1.807, 2.05) is 48.5 Å². The SMILES string of the molecule is C(=N/Nc1cc(N2CCCC2)nc(N2CCCC2)n1)/c1ccccc1OCc1ccccc1. The summed E-state index contributed by atoms with van der Waals surface area (Å²) in [6.07, 6.45) is 6.59. The van der Waals surface area contributed by atoms with Crippen LogP contribution in [0.4, 0.5) is 17.6 Å². The van der Waals surface area contributed by atoms with E-state index in [2.05, 4.69) is 32.5 Å². The van der Waals surface area contributed by atoms with Gasteiger partial charge in [0.1, 0.15) is 18.2 Å². The lowest BCUT2D eigenvalue weighted by Gasteiger charge is -2.21. The Morgan fingerprint density at radius 2 is 1.55 bits per heavy atom. The first-order valence-electron chi connectivity index (χ1n) is 11.8. The Hall–Kier alpha value is -3.61. The first kappa shape index (κ1) is 21.2. The van der Waals surface area contributed by atoms with E-state index in [1.165, 1.54) is 25.7 Å². The van der Waals surface area contributed by atoms with Crippen LogP contribution in [0.5, 0.6) is 5.75 Å². The van der Waals surface area contributed by atoms with Crippen LogP contribution in [0.2, 0.25) is 0 Å². The maximum absolute atomic E-state index is 6.04. The Kier molecular flexibility index (Phi) is 6.66. The summed E-state index contributed by atoms with van der Waals surface area (Å²) in [5.41, 5.74) is 5.17. The van der Waals surface area contributed by atoms with Crippen molar-refractivity contribution in [1.82, 2.24) is 9.97 Å². The number of aromatic nitrogens is 2. The van der Waals surface area contributed by atoms with Crippen LogP contribution >= 0.6 is 0 Å². The van der Waals surface area contributed by atoms with Crippen LogP contribution in [0, 0.1) is 0 Å². The predicted octanol–water partition coefficient (Wildman–Crippen LogP) is 4.70. The Morgan fingerprint density at radius 1 is 0.848 bits per heavy atom. The van der Waals surface area contributed by atoms with Crippen LogP contribution in [0.1, 0.15) is 36.8 Å². The second-order valence-electron chi connectivity index (χ2n) is 8.48. The maximum atomic E-state index is 6.04. The highest BCUT2D eigenvalue weighted by Gasteiger charge is 2.20. The summed E-state index contributed by atoms with van der Waals surface area (Å²) < 4.78 is 6.04. The molecule has 0 spiro atoms. The second-order valence-corrected chi connectivity index (χ2v) is 8.48. The van der Waals surface area contributed by atoms with Crippen molar-refractivity contribution in [2.75, 3.05) is 41.4 Å². The number of hydrazone groups is 1. The molecule has 7 heteroatoms. The standard InChI is InChI=1S/C26H30N6O/c1-2-10-21(11-3-1)20-33-23-13-5-4-12-22(23)19-27-30-24-18-25(31-14-6-7-15-31)29-26(28-24)32-16-8-9-17-32/h1-5,10-13,18-19H,6-9,14-17,20H2,(H,28,29,30)/b27-19-. The fourth-order valence-corrected chi connectivity index (χ4v) is 4.27. The van der Waals surface area contributed by atoms with Crippen molar-refractivity contribution in [2.45, 2.75) is 32.3 Å². The minimum atomic E-state index is 0.517. The van der Waals surface area contributed by atoms with Gasteiger partial charge >= 0.3 is 0 Å². The number of nitrogens with one attached hydrogen (secondary N) is 1. The molecule has 0 bridgehead atoms. The highest BCUT2D eigenvalue weighted by molar-refractivity contribution is 5.84. The van der Waals surface area contributed by atoms with Gasteiger partial charge in [0.05, 0.1) is 6.21 Å². The maximum Gasteiger partial charge on any atom is 0.229 e. The number of hydrogen-bond acceptors (Lipinski definition) is 7. The molecule has 0 aliphatic carbocycles. The Balaban J connectivity index is 1.31. The van der Waals surface area contributed by atoms with Crippen LogP contribution < -0.4 is 20.0 Å². The molecule has 0 atom stereocenters. The average molecular weight is 443 g/mol. The van der Waals surface area contributed by atoms with Crippen LogP contribution in [-0.2, 0) is 6.61 Å². The van der Waals surface area contributed by atoms with E-state index in [4.69, 9.17) is 14.7 Å². The molecule has 2 aliphatic heterocycles. The van der Waals surface area contributed by atoms with Crippen molar-refractivity contribution < 1.29 is 4.74 Å². The molecule has 2 aromatic carbocycles. The van der Waals surface area contributed by atoms with Gasteiger partial charge in [-0.2, -0.15) is 15.1 Å². The fraction of sp³-hybridized carbons (Fsp3) is 0.346. The van der Waals surface area contributed by atoms with E-state index < -0.39 is 0 Å². The van der Waals surface area contributed by atoms with Gasteiger partial charge in [0, 0.05) is 37.8 Å². The van der Waals surface area contributed by atoms with E-state index in [9.17, 15) is 0 Å². The quantitative estimate of drug-likeness (QED) is 0.403. The van der Waals surface area contributed by atoms with Gasteiger partial charge in [-0.3, -0.25) is 5.43 Å². The summed E-state index contributed by atoms with van der Waals surface area (Å²) in [7, 11) is 0. The van der Waals surface area contributed by atoms with Crippen LogP contribution in [0.15, 0.2) is 65.8 Å². The summed E-state index contributed by atoms with van der Waals surface area (Å²) in [5, 5.41) is 4.48. The first-order valence-corrected chi connectivity index (χ1v) is 11.8. The van der Waals surface area contributed by atoms with Crippen LogP contribution in [-0.4, -0.2) is 42.4 Å². The monoisotopic (exact) mass is 442 g/mol. The molecule has 2 fully saturated rings. The lowest BCUT2D eigenvalue weighted by atomic mass is 10.2. The molecule has 170 valence electrons. The van der Waals surface area contributed by atoms with Gasteiger partial charge in [-0.25, -0.2) is 0 Å². The zero-order valence-electron chi connectivity index (χ0n) is 18.9. The molecule has 2 saturated heterocycles. The molecule has 3 aromatic rings. The third-order valence-electron chi connectivity index (χ3n) is 6.06. The van der Waals surface area contributed by atoms with Gasteiger partial charge in [0.25, 0.3) is 0 Å². The van der Waals surface area contributed by atoms with Crippen molar-refractivity contribution in [2.24, 2.45) is 5.10 Å². The van der Waals surface area contributed by atoms with E-state index in [0.29, 0.717) is 12.4 Å². The zero-order chi connectivity index (χ0) is 22.3. The van der Waals surface area contributed by atoms with Gasteiger partial charge in [0.15, 0.2) is 5.82 Å². The number of hydrogen-bond donors (Lipinski definition) is 1. The Labute approximate surface area is 195 Å². The number of rotatable bonds is 8. The summed E-state index contributed by atoms with van der Waals surface area (Å²) in [4.78, 5) is 14.2. The molecule has 0 amide bonds. The molecule has 3 heterocycles. The zero-order valence-corrected chi connectivity index (χ0v) is 18.9. The second kappa shape index (κ2) is 10.3. The lowest BCUT2D eigenvalue weighted by Crippen LogP contribution is -2.24. The van der Waals surface area contributed by atoms with Crippen molar-refractivity contribution >= 4 is 23.8 Å². The molecule has 1 N–H and O–H groups in total. The van der Waals surface area contributed by atoms with E-state index in [0.717, 1.165) is 54.8 Å². The number of anilines is 3. The summed E-state index contributed by atoms with van der Waals surface area (Å²) in [6, 6.07) is 20.1. The van der Waals surface area contributed by atoms with Crippen LogP contribution in [0.25, 0.3) is 0 Å². The predicted molar refractivity (Wildman–Crippen MR) is 133 cm³/mol. The lowest BCUT2D eigenvalue weighted by molar-refractivity contribution is 0.306. The molecule has 0 unspecified atom stereocenters. The molecular formula is C26H30N6O. The van der Waals surface area contributed by atoms with Crippen molar-refractivity contribution in [1.29, 1.82) is 0 Å². The number of para-hydroxylation sites is 1. The van der Waals surface area contributed by atoms with Crippen molar-refractivity contribution in [3.05, 3.63) is 71.8 Å². The molecule has 0 saturated carbocycles. The largest absolute Gasteiger partial charge is 0.488 e.